The van der Waals surface area contributed by atoms with Crippen molar-refractivity contribution in [3.63, 3.8) is 0 Å². The zero-order valence-electron chi connectivity index (χ0n) is 12.9. The van der Waals surface area contributed by atoms with Gasteiger partial charge in [0, 0.05) is 13.1 Å². The molecule has 0 spiro atoms. The summed E-state index contributed by atoms with van der Waals surface area (Å²) in [5, 5.41) is 9.17. The molecule has 0 saturated carbocycles. The second-order valence-corrected chi connectivity index (χ2v) is 6.01. The number of hydrogen-bond donors (Lipinski definition) is 2. The van der Waals surface area contributed by atoms with E-state index in [9.17, 15) is 14.4 Å². The number of carbonyl (C=O) groups excluding carboxylic acids is 2. The quantitative estimate of drug-likeness (QED) is 0.789. The van der Waals surface area contributed by atoms with Gasteiger partial charge in [0.2, 0.25) is 5.91 Å². The van der Waals surface area contributed by atoms with Crippen LogP contribution in [0.1, 0.15) is 18.9 Å². The van der Waals surface area contributed by atoms with E-state index in [1.807, 2.05) is 0 Å². The van der Waals surface area contributed by atoms with Gasteiger partial charge in [0.1, 0.15) is 5.75 Å². The first-order valence-corrected chi connectivity index (χ1v) is 7.31. The van der Waals surface area contributed by atoms with Gasteiger partial charge in [-0.15, -0.1) is 0 Å². The first-order valence-electron chi connectivity index (χ1n) is 7.31. The molecule has 3 N–H and O–H groups in total. The van der Waals surface area contributed by atoms with E-state index in [0.29, 0.717) is 18.7 Å². The number of nitrogens with two attached hydrogens (primary N) is 1. The van der Waals surface area contributed by atoms with E-state index in [1.54, 1.807) is 31.2 Å². The van der Waals surface area contributed by atoms with Crippen molar-refractivity contribution in [3.05, 3.63) is 29.8 Å². The van der Waals surface area contributed by atoms with E-state index >= 15 is 0 Å². The predicted octanol–water partition coefficient (Wildman–Crippen LogP) is 0.416. The van der Waals surface area contributed by atoms with Crippen LogP contribution in [0.25, 0.3) is 0 Å². The molecule has 124 valence electrons. The zero-order chi connectivity index (χ0) is 17.0. The number of nitrogens with zero attached hydrogens (tertiary/aromatic N) is 1. The van der Waals surface area contributed by atoms with Gasteiger partial charge in [0.25, 0.3) is 5.91 Å². The number of ether oxygens (including phenoxy) is 1. The van der Waals surface area contributed by atoms with Gasteiger partial charge in [-0.05, 0) is 31.0 Å². The van der Waals surface area contributed by atoms with Crippen molar-refractivity contribution in [2.45, 2.75) is 19.8 Å². The maximum Gasteiger partial charge on any atom is 0.311 e. The molecule has 1 atom stereocenters. The van der Waals surface area contributed by atoms with Gasteiger partial charge in [-0.1, -0.05) is 12.1 Å². The minimum atomic E-state index is -0.890. The summed E-state index contributed by atoms with van der Waals surface area (Å²) in [4.78, 5) is 35.6. The van der Waals surface area contributed by atoms with Crippen molar-refractivity contribution in [2.24, 2.45) is 11.1 Å². The van der Waals surface area contributed by atoms with Crippen LogP contribution in [0.3, 0.4) is 0 Å². The molecule has 1 aliphatic rings. The highest BCUT2D eigenvalue weighted by Crippen LogP contribution is 2.30. The Kier molecular flexibility index (Phi) is 4.88. The Hall–Kier alpha value is -2.57. The first-order chi connectivity index (χ1) is 10.8. The van der Waals surface area contributed by atoms with Crippen LogP contribution in [-0.2, 0) is 20.8 Å². The smallest absolute Gasteiger partial charge is 0.311 e. The molecule has 0 bridgehead atoms. The van der Waals surface area contributed by atoms with E-state index in [-0.39, 0.29) is 25.5 Å². The summed E-state index contributed by atoms with van der Waals surface area (Å²) in [6, 6.07) is 6.75. The molecule has 0 unspecified atom stereocenters. The molecule has 7 nitrogen and oxygen atoms in total. The first kappa shape index (κ1) is 16.8. The summed E-state index contributed by atoms with van der Waals surface area (Å²) >= 11 is 0. The van der Waals surface area contributed by atoms with Gasteiger partial charge in [0.05, 0.1) is 11.8 Å². The average molecular weight is 320 g/mol. The number of likely N-dealkylation sites (tertiary alicyclic amines) is 1. The van der Waals surface area contributed by atoms with Gasteiger partial charge >= 0.3 is 5.97 Å². The molecular formula is C16H20N2O5. The van der Waals surface area contributed by atoms with E-state index in [0.717, 1.165) is 5.56 Å². The molecule has 0 radical (unpaired) electrons. The largest absolute Gasteiger partial charge is 0.484 e. The fourth-order valence-corrected chi connectivity index (χ4v) is 2.49. The van der Waals surface area contributed by atoms with Crippen LogP contribution in [-0.4, -0.2) is 47.5 Å². The van der Waals surface area contributed by atoms with E-state index in [2.05, 4.69) is 0 Å². The van der Waals surface area contributed by atoms with E-state index in [1.165, 1.54) is 4.90 Å². The fourth-order valence-electron chi connectivity index (χ4n) is 2.49. The third kappa shape index (κ3) is 4.21. The third-order valence-corrected chi connectivity index (χ3v) is 4.01. The summed E-state index contributed by atoms with van der Waals surface area (Å²) in [6.45, 7) is 2.11. The molecule has 1 aliphatic heterocycles. The Morgan fingerprint density at radius 1 is 1.30 bits per heavy atom. The Labute approximate surface area is 134 Å². The fraction of sp³-hybridized carbons (Fsp3) is 0.438. The summed E-state index contributed by atoms with van der Waals surface area (Å²) < 4.78 is 5.41. The Balaban J connectivity index is 1.85. The molecule has 1 aromatic rings. The van der Waals surface area contributed by atoms with Crippen LogP contribution >= 0.6 is 0 Å². The van der Waals surface area contributed by atoms with Crippen molar-refractivity contribution in [3.8, 4) is 5.75 Å². The minimum Gasteiger partial charge on any atom is -0.484 e. The standard InChI is InChI=1S/C16H20N2O5/c1-16(15(21)22)6-7-18(10-16)14(20)9-23-12-4-2-11(3-5-12)8-13(17)19/h2-5H,6-10H2,1H3,(H2,17,19)(H,21,22)/t16-/m1/s1. The number of aliphatic carboxylic acids is 1. The van der Waals surface area contributed by atoms with E-state index < -0.39 is 17.3 Å². The molecule has 0 aliphatic carbocycles. The number of carboxylic acid groups (broad SMARTS) is 1. The molecule has 2 rings (SSSR count). The van der Waals surface area contributed by atoms with Crippen LogP contribution in [0.15, 0.2) is 24.3 Å². The van der Waals surface area contributed by atoms with Gasteiger partial charge in [-0.2, -0.15) is 0 Å². The molecule has 1 saturated heterocycles. The number of carbonyl (C=O) groups is 3. The van der Waals surface area contributed by atoms with Crippen LogP contribution in [0.5, 0.6) is 5.75 Å². The van der Waals surface area contributed by atoms with Crippen LogP contribution < -0.4 is 10.5 Å². The second kappa shape index (κ2) is 6.68. The zero-order valence-corrected chi connectivity index (χ0v) is 12.9. The van der Waals surface area contributed by atoms with Crippen molar-refractivity contribution >= 4 is 17.8 Å². The predicted molar refractivity (Wildman–Crippen MR) is 81.8 cm³/mol. The summed E-state index contributed by atoms with van der Waals surface area (Å²) in [5.74, 6) is -1.04. The highest BCUT2D eigenvalue weighted by atomic mass is 16.5. The van der Waals surface area contributed by atoms with Crippen LogP contribution in [0.4, 0.5) is 0 Å². The topological polar surface area (TPSA) is 110 Å². The lowest BCUT2D eigenvalue weighted by atomic mass is 9.90. The van der Waals surface area contributed by atoms with Crippen molar-refractivity contribution in [1.29, 1.82) is 0 Å². The van der Waals surface area contributed by atoms with E-state index in [4.69, 9.17) is 15.6 Å². The van der Waals surface area contributed by atoms with Gasteiger partial charge < -0.3 is 20.5 Å². The number of primary amides is 1. The molecule has 2 amide bonds. The maximum atomic E-state index is 12.1. The second-order valence-electron chi connectivity index (χ2n) is 6.01. The summed E-state index contributed by atoms with van der Waals surface area (Å²) in [7, 11) is 0. The molecule has 0 aromatic heterocycles. The van der Waals surface area contributed by atoms with Crippen molar-refractivity contribution < 1.29 is 24.2 Å². The normalized spacial score (nSPS) is 20.3. The number of carboxylic acids is 1. The Bertz CT molecular complexity index is 613. The lowest BCUT2D eigenvalue weighted by Gasteiger charge is -2.20. The summed E-state index contributed by atoms with van der Waals surface area (Å²) in [5.41, 5.74) is 5.00. The third-order valence-electron chi connectivity index (χ3n) is 4.01. The number of hydrogen-bond acceptors (Lipinski definition) is 4. The number of benzene rings is 1. The minimum absolute atomic E-state index is 0.148. The maximum absolute atomic E-state index is 12.1. The monoisotopic (exact) mass is 320 g/mol. The lowest BCUT2D eigenvalue weighted by Crippen LogP contribution is -2.37. The molecule has 7 heteroatoms. The lowest BCUT2D eigenvalue weighted by molar-refractivity contribution is -0.147. The Morgan fingerprint density at radius 2 is 1.96 bits per heavy atom. The molecule has 1 fully saturated rings. The number of rotatable bonds is 6. The molecular weight excluding hydrogens is 300 g/mol. The molecule has 1 heterocycles. The molecule has 23 heavy (non-hydrogen) atoms. The SMILES string of the molecule is C[C@@]1(C(=O)O)CCN(C(=O)COc2ccc(CC(N)=O)cc2)C1. The van der Waals surface area contributed by atoms with Crippen molar-refractivity contribution in [2.75, 3.05) is 19.7 Å². The summed E-state index contributed by atoms with van der Waals surface area (Å²) in [6.07, 6.45) is 0.594. The van der Waals surface area contributed by atoms with Gasteiger partial charge in [0.15, 0.2) is 6.61 Å². The van der Waals surface area contributed by atoms with Crippen molar-refractivity contribution in [1.82, 2.24) is 4.90 Å². The van der Waals surface area contributed by atoms with Crippen LogP contribution in [0, 0.1) is 5.41 Å². The van der Waals surface area contributed by atoms with Crippen LogP contribution in [0.2, 0.25) is 0 Å². The van der Waals surface area contributed by atoms with Gasteiger partial charge in [-0.3, -0.25) is 14.4 Å². The van der Waals surface area contributed by atoms with Gasteiger partial charge in [-0.25, -0.2) is 0 Å². The Morgan fingerprint density at radius 3 is 2.48 bits per heavy atom. The number of amides is 2. The average Bonchev–Trinajstić information content (AvgIpc) is 2.90. The highest BCUT2D eigenvalue weighted by molar-refractivity contribution is 5.81. The molecule has 1 aromatic carbocycles. The highest BCUT2D eigenvalue weighted by Gasteiger charge is 2.42.